The van der Waals surface area contributed by atoms with Gasteiger partial charge < -0.3 is 25.7 Å². The zero-order chi connectivity index (χ0) is 10.4. The zero-order valence-electron chi connectivity index (χ0n) is 8.01. The maximum atomic E-state index is 9.32. The van der Waals surface area contributed by atoms with E-state index >= 15 is 0 Å². The summed E-state index contributed by atoms with van der Waals surface area (Å²) >= 11 is 0. The van der Waals surface area contributed by atoms with Gasteiger partial charge in [-0.3, -0.25) is 0 Å². The van der Waals surface area contributed by atoms with Crippen LogP contribution in [-0.4, -0.2) is 58.4 Å². The summed E-state index contributed by atoms with van der Waals surface area (Å²) in [7, 11) is 1.62. The molecular formula is C8H19NO4. The van der Waals surface area contributed by atoms with E-state index in [0.29, 0.717) is 6.42 Å². The maximum absolute atomic E-state index is 9.32. The van der Waals surface area contributed by atoms with Crippen LogP contribution in [0.2, 0.25) is 0 Å². The number of aliphatic hydroxyl groups is 4. The second-order valence-electron chi connectivity index (χ2n) is 3.08. The molecule has 0 aromatic heterocycles. The fraction of sp³-hybridized carbons (Fsp3) is 1.00. The largest absolute Gasteiger partial charge is 0.390 e. The molecule has 13 heavy (non-hydrogen) atoms. The molecule has 0 spiro atoms. The lowest BCUT2D eigenvalue weighted by molar-refractivity contribution is -0.104. The van der Waals surface area contributed by atoms with Crippen molar-refractivity contribution in [3.63, 3.8) is 0 Å². The van der Waals surface area contributed by atoms with Crippen molar-refractivity contribution in [2.45, 2.75) is 37.8 Å². The van der Waals surface area contributed by atoms with Gasteiger partial charge in [0.05, 0.1) is 12.2 Å². The van der Waals surface area contributed by atoms with Crippen LogP contribution in [0.3, 0.4) is 0 Å². The molecule has 0 saturated heterocycles. The lowest BCUT2D eigenvalue weighted by Gasteiger charge is -2.25. The van der Waals surface area contributed by atoms with Crippen LogP contribution in [0.5, 0.6) is 0 Å². The Balaban J connectivity index is 3.99. The second kappa shape index (κ2) is 6.28. The van der Waals surface area contributed by atoms with E-state index in [-0.39, 0.29) is 6.54 Å². The summed E-state index contributed by atoms with van der Waals surface area (Å²) in [6, 6.07) is 0. The van der Waals surface area contributed by atoms with Gasteiger partial charge in [0.25, 0.3) is 0 Å². The average molecular weight is 193 g/mol. The molecule has 0 rings (SSSR count). The van der Waals surface area contributed by atoms with Crippen molar-refractivity contribution in [3.05, 3.63) is 0 Å². The zero-order valence-corrected chi connectivity index (χ0v) is 8.01. The predicted octanol–water partition coefficient (Wildman–Crippen LogP) is -1.94. The molecule has 0 bridgehead atoms. The average Bonchev–Trinajstić information content (AvgIpc) is 2.14. The molecule has 5 N–H and O–H groups in total. The topological polar surface area (TPSA) is 93.0 Å². The Bertz CT molecular complexity index is 133. The van der Waals surface area contributed by atoms with Crippen LogP contribution < -0.4 is 5.32 Å². The Hall–Kier alpha value is -0.200. The SMILES string of the molecule is CC[C@@H](O)[C@@H](O)[C@H](O)[C@H](O)CNC. The minimum atomic E-state index is -1.32. The van der Waals surface area contributed by atoms with Crippen LogP contribution >= 0.6 is 0 Å². The molecule has 0 radical (unpaired) electrons. The van der Waals surface area contributed by atoms with Crippen LogP contribution in [-0.2, 0) is 0 Å². The van der Waals surface area contributed by atoms with E-state index in [0.717, 1.165) is 0 Å². The maximum Gasteiger partial charge on any atom is 0.109 e. The summed E-state index contributed by atoms with van der Waals surface area (Å²) in [6.07, 6.45) is -4.34. The summed E-state index contributed by atoms with van der Waals surface area (Å²) in [5.74, 6) is 0. The van der Waals surface area contributed by atoms with Crippen molar-refractivity contribution in [1.82, 2.24) is 5.32 Å². The molecule has 0 fully saturated rings. The van der Waals surface area contributed by atoms with E-state index in [2.05, 4.69) is 5.32 Å². The Morgan fingerprint density at radius 3 is 1.85 bits per heavy atom. The lowest BCUT2D eigenvalue weighted by Crippen LogP contribution is -2.47. The highest BCUT2D eigenvalue weighted by atomic mass is 16.4. The molecule has 0 aliphatic rings. The first-order chi connectivity index (χ1) is 6.04. The van der Waals surface area contributed by atoms with Crippen molar-refractivity contribution in [2.75, 3.05) is 13.6 Å². The van der Waals surface area contributed by atoms with Crippen molar-refractivity contribution < 1.29 is 20.4 Å². The van der Waals surface area contributed by atoms with E-state index in [4.69, 9.17) is 0 Å². The lowest BCUT2D eigenvalue weighted by atomic mass is 10.0. The minimum absolute atomic E-state index is 0.175. The Morgan fingerprint density at radius 2 is 1.46 bits per heavy atom. The van der Waals surface area contributed by atoms with Crippen molar-refractivity contribution in [2.24, 2.45) is 0 Å². The van der Waals surface area contributed by atoms with Crippen LogP contribution in [0, 0.1) is 0 Å². The van der Waals surface area contributed by atoms with Crippen LogP contribution in [0.4, 0.5) is 0 Å². The summed E-state index contributed by atoms with van der Waals surface area (Å²) in [5.41, 5.74) is 0. The van der Waals surface area contributed by atoms with E-state index in [1.807, 2.05) is 0 Å². The van der Waals surface area contributed by atoms with Gasteiger partial charge in [0, 0.05) is 6.54 Å². The smallest absolute Gasteiger partial charge is 0.109 e. The third kappa shape index (κ3) is 4.02. The summed E-state index contributed by atoms with van der Waals surface area (Å²) in [4.78, 5) is 0. The Morgan fingerprint density at radius 1 is 1.00 bits per heavy atom. The molecular weight excluding hydrogens is 174 g/mol. The quantitative estimate of drug-likeness (QED) is 0.338. The van der Waals surface area contributed by atoms with Gasteiger partial charge in [-0.05, 0) is 13.5 Å². The molecule has 80 valence electrons. The fourth-order valence-corrected chi connectivity index (χ4v) is 1.03. The van der Waals surface area contributed by atoms with Gasteiger partial charge in [-0.2, -0.15) is 0 Å². The number of likely N-dealkylation sites (N-methyl/N-ethyl adjacent to an activating group) is 1. The highest BCUT2D eigenvalue weighted by Gasteiger charge is 2.28. The molecule has 0 aromatic carbocycles. The van der Waals surface area contributed by atoms with Gasteiger partial charge in [0.2, 0.25) is 0 Å². The van der Waals surface area contributed by atoms with E-state index in [1.54, 1.807) is 14.0 Å². The molecule has 0 saturated carbocycles. The van der Waals surface area contributed by atoms with Crippen LogP contribution in [0.25, 0.3) is 0 Å². The molecule has 4 atom stereocenters. The summed E-state index contributed by atoms with van der Waals surface area (Å²) in [5, 5.41) is 39.7. The third-order valence-corrected chi connectivity index (χ3v) is 1.97. The van der Waals surface area contributed by atoms with Gasteiger partial charge in [-0.15, -0.1) is 0 Å². The predicted molar refractivity (Wildman–Crippen MR) is 48.2 cm³/mol. The molecule has 5 nitrogen and oxygen atoms in total. The Labute approximate surface area is 78.0 Å². The third-order valence-electron chi connectivity index (χ3n) is 1.97. The van der Waals surface area contributed by atoms with Crippen molar-refractivity contribution in [1.29, 1.82) is 0 Å². The minimum Gasteiger partial charge on any atom is -0.390 e. The first kappa shape index (κ1) is 12.8. The number of hydrogen-bond donors (Lipinski definition) is 5. The number of rotatable bonds is 6. The van der Waals surface area contributed by atoms with E-state index < -0.39 is 24.4 Å². The highest BCUT2D eigenvalue weighted by Crippen LogP contribution is 2.06. The van der Waals surface area contributed by atoms with Gasteiger partial charge >= 0.3 is 0 Å². The first-order valence-corrected chi connectivity index (χ1v) is 4.41. The monoisotopic (exact) mass is 193 g/mol. The van der Waals surface area contributed by atoms with E-state index in [1.165, 1.54) is 0 Å². The van der Waals surface area contributed by atoms with Crippen molar-refractivity contribution in [3.8, 4) is 0 Å². The molecule has 0 amide bonds. The normalized spacial score (nSPS) is 20.8. The fourth-order valence-electron chi connectivity index (χ4n) is 1.03. The number of hydrogen-bond acceptors (Lipinski definition) is 5. The summed E-state index contributed by atoms with van der Waals surface area (Å²) < 4.78 is 0. The Kier molecular flexibility index (Phi) is 6.19. The number of aliphatic hydroxyl groups excluding tert-OH is 4. The number of nitrogens with one attached hydrogen (secondary N) is 1. The summed E-state index contributed by atoms with van der Waals surface area (Å²) in [6.45, 7) is 1.86. The second-order valence-corrected chi connectivity index (χ2v) is 3.08. The molecule has 5 heteroatoms. The standard InChI is InChI=1S/C8H19NO4/c1-3-5(10)7(12)8(13)6(11)4-9-2/h5-13H,3-4H2,1-2H3/t5-,6-,7-,8-/m1/s1. The molecule has 0 aliphatic carbocycles. The first-order valence-electron chi connectivity index (χ1n) is 4.41. The van der Waals surface area contributed by atoms with Crippen molar-refractivity contribution >= 4 is 0 Å². The van der Waals surface area contributed by atoms with Gasteiger partial charge in [-0.25, -0.2) is 0 Å². The van der Waals surface area contributed by atoms with Gasteiger partial charge in [-0.1, -0.05) is 6.92 Å². The van der Waals surface area contributed by atoms with Gasteiger partial charge in [0.15, 0.2) is 0 Å². The molecule has 0 unspecified atom stereocenters. The van der Waals surface area contributed by atoms with Crippen LogP contribution in [0.15, 0.2) is 0 Å². The van der Waals surface area contributed by atoms with Crippen LogP contribution in [0.1, 0.15) is 13.3 Å². The van der Waals surface area contributed by atoms with E-state index in [9.17, 15) is 20.4 Å². The highest BCUT2D eigenvalue weighted by molar-refractivity contribution is 4.80. The molecule has 0 heterocycles. The molecule has 0 aromatic rings. The van der Waals surface area contributed by atoms with Gasteiger partial charge in [0.1, 0.15) is 12.2 Å². The molecule has 0 aliphatic heterocycles.